The number of benzene rings is 2. The molecule has 0 aliphatic heterocycles. The molecule has 0 radical (unpaired) electrons. The first-order valence-corrected chi connectivity index (χ1v) is 12.9. The number of methoxy groups -OCH3 is 1. The average molecular weight is 547 g/mol. The number of halogens is 1. The number of carbonyl (C=O) groups is 2. The van der Waals surface area contributed by atoms with E-state index >= 15 is 0 Å². The summed E-state index contributed by atoms with van der Waals surface area (Å²) in [6.07, 6.45) is 3.37. The van der Waals surface area contributed by atoms with E-state index in [-0.39, 0.29) is 19.0 Å². The van der Waals surface area contributed by atoms with Gasteiger partial charge in [-0.05, 0) is 60.0 Å². The van der Waals surface area contributed by atoms with Gasteiger partial charge in [0.1, 0.15) is 18.1 Å². The molecule has 0 fully saturated rings. The topological polar surface area (TPSA) is 89.6 Å². The van der Waals surface area contributed by atoms with Crippen LogP contribution < -0.4 is 10.1 Å². The number of furan rings is 1. The fraction of sp³-hybridized carbons (Fsp3) is 0.107. The Morgan fingerprint density at radius 2 is 1.87 bits per heavy atom. The molecule has 0 aliphatic carbocycles. The van der Waals surface area contributed by atoms with Gasteiger partial charge in [0.05, 0.1) is 30.5 Å². The molecule has 38 heavy (non-hydrogen) atoms. The van der Waals surface area contributed by atoms with E-state index in [9.17, 15) is 9.59 Å². The molecule has 10 heteroatoms. The lowest BCUT2D eigenvalue weighted by Crippen LogP contribution is -2.37. The molecule has 2 amide bonds. The van der Waals surface area contributed by atoms with E-state index in [2.05, 4.69) is 10.3 Å². The Balaban J connectivity index is 1.43. The Kier molecular flexibility index (Phi) is 7.57. The highest BCUT2D eigenvalue weighted by atomic mass is 35.5. The number of carbonyl (C=O) groups excluding carboxylic acids is 2. The van der Waals surface area contributed by atoms with Crippen molar-refractivity contribution in [2.24, 2.45) is 0 Å². The van der Waals surface area contributed by atoms with Crippen LogP contribution in [0.25, 0.3) is 16.9 Å². The third-order valence-corrected chi connectivity index (χ3v) is 6.84. The van der Waals surface area contributed by atoms with Gasteiger partial charge < -0.3 is 14.1 Å². The molecule has 3 aromatic heterocycles. The van der Waals surface area contributed by atoms with Gasteiger partial charge in [-0.2, -0.15) is 0 Å². The first-order chi connectivity index (χ1) is 18.5. The third-order valence-electron chi connectivity index (χ3n) is 5.73. The molecule has 0 spiro atoms. The summed E-state index contributed by atoms with van der Waals surface area (Å²) in [6.45, 7) is -0.0384. The highest BCUT2D eigenvalue weighted by Gasteiger charge is 2.22. The first kappa shape index (κ1) is 25.3. The van der Waals surface area contributed by atoms with Gasteiger partial charge in [-0.3, -0.25) is 19.5 Å². The van der Waals surface area contributed by atoms with Crippen LogP contribution in [0.1, 0.15) is 15.4 Å². The number of hydrogen-bond acceptors (Lipinski definition) is 6. The molecule has 1 N–H and O–H groups in total. The summed E-state index contributed by atoms with van der Waals surface area (Å²) in [4.78, 5) is 33.1. The molecule has 0 atom stereocenters. The van der Waals surface area contributed by atoms with Crippen LogP contribution in [-0.4, -0.2) is 39.9 Å². The summed E-state index contributed by atoms with van der Waals surface area (Å²) in [7, 11) is 1.60. The molecule has 192 valence electrons. The molecule has 5 aromatic rings. The van der Waals surface area contributed by atoms with Gasteiger partial charge in [-0.15, -0.1) is 11.3 Å². The molecule has 5 rings (SSSR count). The predicted molar refractivity (Wildman–Crippen MR) is 147 cm³/mol. The van der Waals surface area contributed by atoms with Gasteiger partial charge in [0.15, 0.2) is 0 Å². The van der Waals surface area contributed by atoms with Crippen LogP contribution in [0.3, 0.4) is 0 Å². The fourth-order valence-electron chi connectivity index (χ4n) is 3.85. The van der Waals surface area contributed by atoms with Crippen molar-refractivity contribution >= 4 is 40.7 Å². The number of rotatable bonds is 9. The van der Waals surface area contributed by atoms with Crippen molar-refractivity contribution in [3.8, 4) is 22.7 Å². The van der Waals surface area contributed by atoms with Crippen LogP contribution in [0.5, 0.6) is 5.75 Å². The Bertz CT molecular complexity index is 1510. The molecule has 0 aliphatic rings. The van der Waals surface area contributed by atoms with Crippen LogP contribution in [0.15, 0.2) is 95.1 Å². The second kappa shape index (κ2) is 11.4. The molecule has 0 saturated carbocycles. The molecule has 0 bridgehead atoms. The van der Waals surface area contributed by atoms with Gasteiger partial charge in [0, 0.05) is 22.5 Å². The van der Waals surface area contributed by atoms with Crippen molar-refractivity contribution < 1.29 is 18.7 Å². The second-order valence-electron chi connectivity index (χ2n) is 8.29. The zero-order chi connectivity index (χ0) is 26.5. The summed E-state index contributed by atoms with van der Waals surface area (Å²) in [6, 6.07) is 21.7. The van der Waals surface area contributed by atoms with E-state index in [4.69, 9.17) is 20.8 Å². The van der Waals surface area contributed by atoms with Crippen LogP contribution in [-0.2, 0) is 11.3 Å². The lowest BCUT2D eigenvalue weighted by molar-refractivity contribution is -0.117. The maximum absolute atomic E-state index is 13.3. The summed E-state index contributed by atoms with van der Waals surface area (Å²) < 4.78 is 12.5. The minimum atomic E-state index is -0.399. The Morgan fingerprint density at radius 3 is 2.53 bits per heavy atom. The van der Waals surface area contributed by atoms with E-state index in [0.29, 0.717) is 33.1 Å². The van der Waals surface area contributed by atoms with E-state index in [1.807, 2.05) is 48.0 Å². The minimum absolute atomic E-state index is 0.153. The molecule has 3 heterocycles. The van der Waals surface area contributed by atoms with Crippen LogP contribution in [0.2, 0.25) is 5.02 Å². The van der Waals surface area contributed by atoms with Crippen molar-refractivity contribution in [1.82, 2.24) is 14.5 Å². The number of hydrogen-bond donors (Lipinski definition) is 1. The van der Waals surface area contributed by atoms with Gasteiger partial charge in [0.25, 0.3) is 5.91 Å². The second-order valence-corrected chi connectivity index (χ2v) is 9.67. The van der Waals surface area contributed by atoms with E-state index < -0.39 is 5.91 Å². The smallest absolute Gasteiger partial charge is 0.264 e. The highest BCUT2D eigenvalue weighted by Crippen LogP contribution is 2.27. The van der Waals surface area contributed by atoms with Gasteiger partial charge in [-0.25, -0.2) is 4.98 Å². The molecule has 0 saturated heterocycles. The van der Waals surface area contributed by atoms with Crippen LogP contribution >= 0.6 is 22.9 Å². The Labute approximate surface area is 228 Å². The summed E-state index contributed by atoms with van der Waals surface area (Å²) >= 11 is 7.38. The summed E-state index contributed by atoms with van der Waals surface area (Å²) in [5.41, 5.74) is 2.26. The Hall–Kier alpha value is -4.34. The number of anilines is 1. The van der Waals surface area contributed by atoms with Crippen LogP contribution in [0, 0.1) is 0 Å². The average Bonchev–Trinajstić information content (AvgIpc) is 3.71. The maximum Gasteiger partial charge on any atom is 0.264 e. The van der Waals surface area contributed by atoms with E-state index in [1.54, 1.807) is 48.1 Å². The number of nitrogens with one attached hydrogen (secondary N) is 1. The molecule has 0 unspecified atom stereocenters. The van der Waals surface area contributed by atoms with Gasteiger partial charge in [0.2, 0.25) is 11.9 Å². The standard InChI is InChI=1S/C28H23ClN4O4S/c1-36-22-12-10-21(11-13-22)33-17-24(19-6-8-20(29)9-7-19)30-28(33)31-26(34)18-32(16-23-4-2-14-37-23)27(35)25-5-3-15-38-25/h2-15,17H,16,18H2,1H3,(H,30,31,34). The fourth-order valence-corrected chi connectivity index (χ4v) is 4.67. The van der Waals surface area contributed by atoms with Crippen molar-refractivity contribution in [3.05, 3.63) is 106 Å². The first-order valence-electron chi connectivity index (χ1n) is 11.6. The molecule has 2 aromatic carbocycles. The van der Waals surface area contributed by atoms with Crippen molar-refractivity contribution in [2.75, 3.05) is 19.0 Å². The van der Waals surface area contributed by atoms with Gasteiger partial charge in [-0.1, -0.05) is 29.8 Å². The van der Waals surface area contributed by atoms with Crippen LogP contribution in [0.4, 0.5) is 5.95 Å². The SMILES string of the molecule is COc1ccc(-n2cc(-c3ccc(Cl)cc3)nc2NC(=O)CN(Cc2ccco2)C(=O)c2cccs2)cc1. The Morgan fingerprint density at radius 1 is 1.08 bits per heavy atom. The molecular formula is C28H23ClN4O4S. The predicted octanol–water partition coefficient (Wildman–Crippen LogP) is 6.14. The lowest BCUT2D eigenvalue weighted by atomic mass is 10.2. The molecule has 8 nitrogen and oxygen atoms in total. The highest BCUT2D eigenvalue weighted by molar-refractivity contribution is 7.12. The number of nitrogens with zero attached hydrogens (tertiary/aromatic N) is 3. The number of thiophene rings is 1. The van der Waals surface area contributed by atoms with E-state index in [0.717, 1.165) is 11.3 Å². The quantitative estimate of drug-likeness (QED) is 0.240. The molecular weight excluding hydrogens is 524 g/mol. The normalized spacial score (nSPS) is 10.8. The number of imidazole rings is 1. The third kappa shape index (κ3) is 5.80. The van der Waals surface area contributed by atoms with Crippen molar-refractivity contribution in [3.63, 3.8) is 0 Å². The van der Waals surface area contributed by atoms with Crippen molar-refractivity contribution in [1.29, 1.82) is 0 Å². The number of ether oxygens (including phenoxy) is 1. The number of amides is 2. The lowest BCUT2D eigenvalue weighted by Gasteiger charge is -2.20. The zero-order valence-corrected chi connectivity index (χ0v) is 21.9. The summed E-state index contributed by atoms with van der Waals surface area (Å²) in [5.74, 6) is 0.938. The monoisotopic (exact) mass is 546 g/mol. The van der Waals surface area contributed by atoms with E-state index in [1.165, 1.54) is 22.5 Å². The minimum Gasteiger partial charge on any atom is -0.497 e. The summed E-state index contributed by atoms with van der Waals surface area (Å²) in [5, 5.41) is 5.32. The zero-order valence-electron chi connectivity index (χ0n) is 20.3. The van der Waals surface area contributed by atoms with Crippen molar-refractivity contribution in [2.45, 2.75) is 6.54 Å². The maximum atomic E-state index is 13.3. The largest absolute Gasteiger partial charge is 0.497 e. The van der Waals surface area contributed by atoms with Gasteiger partial charge >= 0.3 is 0 Å². The number of aromatic nitrogens is 2.